The third-order valence-corrected chi connectivity index (χ3v) is 5.69. The SMILES string of the molecule is COc1ccc(-c2c(C)noc2NC(C)=O)cc1S(=O)(=O)Nc1ccc(Cl)cc1F. The zero-order valence-electron chi connectivity index (χ0n) is 16.1. The Balaban J connectivity index is 2.09. The van der Waals surface area contributed by atoms with Gasteiger partial charge in [0.25, 0.3) is 10.0 Å². The fourth-order valence-electron chi connectivity index (χ4n) is 2.77. The average Bonchev–Trinajstić information content (AvgIpc) is 3.03. The monoisotopic (exact) mass is 453 g/mol. The third-order valence-electron chi connectivity index (χ3n) is 4.07. The fraction of sp³-hybridized carbons (Fsp3) is 0.158. The largest absolute Gasteiger partial charge is 0.495 e. The number of sulfonamides is 1. The standard InChI is InChI=1S/C19H17ClFN3O5S/c1-10-18(19(29-23-10)22-11(2)25)12-4-7-16(28-3)17(8-12)30(26,27)24-15-6-5-13(20)9-14(15)21/h4-9,24H,1-3H3,(H,22,25). The van der Waals surface area contributed by atoms with Crippen molar-refractivity contribution in [2.75, 3.05) is 17.1 Å². The van der Waals surface area contributed by atoms with Gasteiger partial charge in [-0.05, 0) is 42.8 Å². The summed E-state index contributed by atoms with van der Waals surface area (Å²) in [5.74, 6) is -1.10. The molecule has 2 aromatic carbocycles. The lowest BCUT2D eigenvalue weighted by Crippen LogP contribution is -2.15. The number of anilines is 2. The minimum absolute atomic E-state index is 0.0378. The van der Waals surface area contributed by atoms with Gasteiger partial charge in [0.1, 0.15) is 16.5 Å². The molecule has 0 bridgehead atoms. The van der Waals surface area contributed by atoms with Crippen LogP contribution in [0.15, 0.2) is 45.8 Å². The molecule has 8 nitrogen and oxygen atoms in total. The first-order chi connectivity index (χ1) is 14.1. The second-order valence-corrected chi connectivity index (χ2v) is 8.34. The molecule has 1 heterocycles. The summed E-state index contributed by atoms with van der Waals surface area (Å²) in [6, 6.07) is 7.91. The quantitative estimate of drug-likeness (QED) is 0.578. The summed E-state index contributed by atoms with van der Waals surface area (Å²) in [6.45, 7) is 2.94. The molecule has 158 valence electrons. The lowest BCUT2D eigenvalue weighted by atomic mass is 10.1. The molecule has 0 saturated heterocycles. The number of ether oxygens (including phenoxy) is 1. The van der Waals surface area contributed by atoms with Crippen molar-refractivity contribution in [1.29, 1.82) is 0 Å². The molecule has 0 aliphatic heterocycles. The number of carbonyl (C=O) groups excluding carboxylic acids is 1. The molecule has 11 heteroatoms. The molecule has 3 aromatic rings. The van der Waals surface area contributed by atoms with E-state index in [0.717, 1.165) is 6.07 Å². The lowest BCUT2D eigenvalue weighted by molar-refractivity contribution is -0.114. The van der Waals surface area contributed by atoms with E-state index in [0.29, 0.717) is 16.8 Å². The van der Waals surface area contributed by atoms with E-state index in [1.165, 1.54) is 38.3 Å². The van der Waals surface area contributed by atoms with Crippen LogP contribution >= 0.6 is 11.6 Å². The summed E-state index contributed by atoms with van der Waals surface area (Å²) >= 11 is 5.71. The number of amides is 1. The smallest absolute Gasteiger partial charge is 0.265 e. The Morgan fingerprint density at radius 2 is 1.97 bits per heavy atom. The van der Waals surface area contributed by atoms with Gasteiger partial charge < -0.3 is 9.26 Å². The topological polar surface area (TPSA) is 111 Å². The van der Waals surface area contributed by atoms with Crippen LogP contribution in [-0.4, -0.2) is 26.6 Å². The summed E-state index contributed by atoms with van der Waals surface area (Å²) in [6.07, 6.45) is 0. The molecular formula is C19H17ClFN3O5S. The molecule has 30 heavy (non-hydrogen) atoms. The van der Waals surface area contributed by atoms with E-state index in [9.17, 15) is 17.6 Å². The van der Waals surface area contributed by atoms with Crippen molar-refractivity contribution >= 4 is 39.1 Å². The number of benzene rings is 2. The normalized spacial score (nSPS) is 11.2. The number of carbonyl (C=O) groups is 1. The number of rotatable bonds is 6. The van der Waals surface area contributed by atoms with Crippen molar-refractivity contribution in [1.82, 2.24) is 5.16 Å². The number of aromatic nitrogens is 1. The van der Waals surface area contributed by atoms with Crippen molar-refractivity contribution in [3.8, 4) is 16.9 Å². The summed E-state index contributed by atoms with van der Waals surface area (Å²) in [7, 11) is -2.94. The Kier molecular flexibility index (Phi) is 5.99. The Hall–Kier alpha value is -3.11. The van der Waals surface area contributed by atoms with Gasteiger partial charge in [-0.1, -0.05) is 22.8 Å². The molecule has 0 aliphatic rings. The maximum absolute atomic E-state index is 14.1. The van der Waals surface area contributed by atoms with Gasteiger partial charge in [0.15, 0.2) is 0 Å². The minimum Gasteiger partial charge on any atom is -0.495 e. The highest BCUT2D eigenvalue weighted by atomic mass is 35.5. The van der Waals surface area contributed by atoms with Crippen LogP contribution in [0.2, 0.25) is 5.02 Å². The Bertz CT molecular complexity index is 1230. The number of halogens is 2. The second kappa shape index (κ2) is 8.33. The van der Waals surface area contributed by atoms with Crippen LogP contribution in [0.25, 0.3) is 11.1 Å². The number of aryl methyl sites for hydroxylation is 1. The fourth-order valence-corrected chi connectivity index (χ4v) is 4.19. The van der Waals surface area contributed by atoms with Crippen molar-refractivity contribution < 1.29 is 26.9 Å². The number of hydrogen-bond donors (Lipinski definition) is 2. The number of methoxy groups -OCH3 is 1. The van der Waals surface area contributed by atoms with Crippen LogP contribution in [0, 0.1) is 12.7 Å². The summed E-state index contributed by atoms with van der Waals surface area (Å²) in [4.78, 5) is 11.2. The van der Waals surface area contributed by atoms with Gasteiger partial charge in [0, 0.05) is 11.9 Å². The highest BCUT2D eigenvalue weighted by molar-refractivity contribution is 7.92. The molecule has 0 spiro atoms. The number of nitrogens with one attached hydrogen (secondary N) is 2. The first-order valence-corrected chi connectivity index (χ1v) is 10.4. The van der Waals surface area contributed by atoms with Crippen LogP contribution in [0.5, 0.6) is 5.75 Å². The molecule has 2 N–H and O–H groups in total. The van der Waals surface area contributed by atoms with E-state index in [-0.39, 0.29) is 33.1 Å². The van der Waals surface area contributed by atoms with E-state index in [1.807, 2.05) is 0 Å². The Morgan fingerprint density at radius 3 is 2.60 bits per heavy atom. The maximum atomic E-state index is 14.1. The van der Waals surface area contributed by atoms with E-state index < -0.39 is 15.8 Å². The molecule has 1 amide bonds. The molecule has 3 rings (SSSR count). The lowest BCUT2D eigenvalue weighted by Gasteiger charge is -2.14. The van der Waals surface area contributed by atoms with Crippen LogP contribution in [-0.2, 0) is 14.8 Å². The van der Waals surface area contributed by atoms with Gasteiger partial charge in [-0.2, -0.15) is 0 Å². The molecule has 1 aromatic heterocycles. The molecule has 0 radical (unpaired) electrons. The minimum atomic E-state index is -4.25. The van der Waals surface area contributed by atoms with E-state index in [4.69, 9.17) is 20.9 Å². The van der Waals surface area contributed by atoms with E-state index >= 15 is 0 Å². The van der Waals surface area contributed by atoms with Gasteiger partial charge >= 0.3 is 0 Å². The van der Waals surface area contributed by atoms with E-state index in [2.05, 4.69) is 15.2 Å². The van der Waals surface area contributed by atoms with Gasteiger partial charge in [0.05, 0.1) is 24.1 Å². The van der Waals surface area contributed by atoms with Crippen molar-refractivity contribution in [2.45, 2.75) is 18.7 Å². The second-order valence-electron chi connectivity index (χ2n) is 6.25. The molecular weight excluding hydrogens is 437 g/mol. The van der Waals surface area contributed by atoms with E-state index in [1.54, 1.807) is 13.0 Å². The molecule has 0 aliphatic carbocycles. The van der Waals surface area contributed by atoms with Crippen LogP contribution in [0.1, 0.15) is 12.6 Å². The first kappa shape index (κ1) is 21.6. The average molecular weight is 454 g/mol. The van der Waals surface area contributed by atoms with Crippen molar-refractivity contribution in [3.05, 3.63) is 52.9 Å². The highest BCUT2D eigenvalue weighted by Gasteiger charge is 2.24. The van der Waals surface area contributed by atoms with Crippen molar-refractivity contribution in [2.24, 2.45) is 0 Å². The maximum Gasteiger partial charge on any atom is 0.265 e. The molecule has 0 fully saturated rings. The molecule has 0 unspecified atom stereocenters. The summed E-state index contributed by atoms with van der Waals surface area (Å²) in [5.41, 5.74) is 0.966. The van der Waals surface area contributed by atoms with Crippen molar-refractivity contribution in [3.63, 3.8) is 0 Å². The van der Waals surface area contributed by atoms with Gasteiger partial charge in [-0.15, -0.1) is 0 Å². The van der Waals surface area contributed by atoms with Crippen LogP contribution in [0.4, 0.5) is 16.0 Å². The Morgan fingerprint density at radius 1 is 1.23 bits per heavy atom. The Labute approximate surface area is 177 Å². The summed E-state index contributed by atoms with van der Waals surface area (Å²) in [5, 5.41) is 6.45. The van der Waals surface area contributed by atoms with Gasteiger partial charge in [-0.3, -0.25) is 14.8 Å². The van der Waals surface area contributed by atoms with Crippen LogP contribution in [0.3, 0.4) is 0 Å². The van der Waals surface area contributed by atoms with Gasteiger partial charge in [-0.25, -0.2) is 12.8 Å². The molecule has 0 saturated carbocycles. The van der Waals surface area contributed by atoms with Crippen LogP contribution < -0.4 is 14.8 Å². The summed E-state index contributed by atoms with van der Waals surface area (Å²) < 4.78 is 52.6. The predicted octanol–water partition coefficient (Wildman–Crippen LogP) is 4.21. The third kappa shape index (κ3) is 4.39. The highest BCUT2D eigenvalue weighted by Crippen LogP contribution is 2.36. The zero-order chi connectivity index (χ0) is 22.1. The molecule has 0 atom stereocenters. The zero-order valence-corrected chi connectivity index (χ0v) is 17.7. The predicted molar refractivity (Wildman–Crippen MR) is 110 cm³/mol. The van der Waals surface area contributed by atoms with Gasteiger partial charge in [0.2, 0.25) is 11.8 Å². The number of hydrogen-bond acceptors (Lipinski definition) is 6. The number of nitrogens with zero attached hydrogens (tertiary/aromatic N) is 1. The first-order valence-electron chi connectivity index (χ1n) is 8.52.